The van der Waals surface area contributed by atoms with Crippen LogP contribution in [0.2, 0.25) is 0 Å². The van der Waals surface area contributed by atoms with Crippen molar-refractivity contribution in [3.63, 3.8) is 0 Å². The lowest BCUT2D eigenvalue weighted by molar-refractivity contribution is -0.212. The molecule has 0 bridgehead atoms. The molecule has 0 N–H and O–H groups in total. The first-order valence-electron chi connectivity index (χ1n) is 17.2. The van der Waals surface area contributed by atoms with Crippen molar-refractivity contribution < 1.29 is 31.5 Å². The molecule has 12 heteroatoms. The van der Waals surface area contributed by atoms with Crippen LogP contribution in [0.4, 0.5) is 22.0 Å². The van der Waals surface area contributed by atoms with Gasteiger partial charge < -0.3 is 19.1 Å². The molecule has 0 radical (unpaired) electrons. The average Bonchev–Trinajstić information content (AvgIpc) is 3.15. The number of ether oxygens (including phenoxy) is 1. The number of hydrogen-bond donors (Lipinski definition) is 0. The number of nitrogens with zero attached hydrogens (tertiary/aromatic N) is 3. The lowest BCUT2D eigenvalue weighted by Crippen LogP contribution is -2.55. The van der Waals surface area contributed by atoms with E-state index >= 15 is 13.2 Å². The van der Waals surface area contributed by atoms with E-state index in [4.69, 9.17) is 4.74 Å². The van der Waals surface area contributed by atoms with Gasteiger partial charge in [0.1, 0.15) is 12.0 Å². The number of para-hydroxylation sites is 1. The second-order valence-corrected chi connectivity index (χ2v) is 14.3. The number of carbonyl (C=O) groups excluding carboxylic acids is 1. The van der Waals surface area contributed by atoms with Crippen molar-refractivity contribution in [2.24, 2.45) is 5.41 Å². The van der Waals surface area contributed by atoms with Crippen molar-refractivity contribution in [3.8, 4) is 0 Å². The van der Waals surface area contributed by atoms with Crippen LogP contribution >= 0.6 is 11.8 Å². The summed E-state index contributed by atoms with van der Waals surface area (Å²) in [5.41, 5.74) is -0.680. The Morgan fingerprint density at radius 3 is 2.42 bits per heavy atom. The molecule has 274 valence electrons. The fraction of sp³-hybridized carbons (Fsp3) is 0.350. The summed E-state index contributed by atoms with van der Waals surface area (Å²) in [5.74, 6) is -2.59. The highest BCUT2D eigenvalue weighted by Crippen LogP contribution is 2.47. The van der Waals surface area contributed by atoms with Crippen LogP contribution in [0.1, 0.15) is 30.4 Å². The van der Waals surface area contributed by atoms with Crippen LogP contribution in [-0.2, 0) is 21.8 Å². The number of carbonyl (C=O) groups is 1. The van der Waals surface area contributed by atoms with Gasteiger partial charge >= 0.3 is 6.18 Å². The highest BCUT2D eigenvalue weighted by molar-refractivity contribution is 7.98. The number of methoxy groups -OCH3 is 1. The topological polar surface area (TPSA) is 54.8 Å². The van der Waals surface area contributed by atoms with E-state index in [-0.39, 0.29) is 29.7 Å². The standard InChI is InChI=1S/C40H40F5N3O3S/c1-51-23-22-46-20-16-31(17-21-46)48(27-39(40(43,44)45)18-14-29(15-19-39)28-8-3-2-4-9-28)36(50)25-47-34-13-6-5-11-32(34)35(49)24-37(47)52-26-30-10-7-12-33(41)38(30)42/h2-15,18,24,31H,16-17,19-23,25-27H2,1H3. The Morgan fingerprint density at radius 2 is 1.73 bits per heavy atom. The van der Waals surface area contributed by atoms with Gasteiger partial charge in [-0.2, -0.15) is 13.2 Å². The van der Waals surface area contributed by atoms with E-state index in [0.717, 1.165) is 23.4 Å². The molecule has 4 aromatic rings. The van der Waals surface area contributed by atoms with E-state index < -0.39 is 41.7 Å². The molecular formula is C40H40F5N3O3S. The highest BCUT2D eigenvalue weighted by atomic mass is 32.2. The van der Waals surface area contributed by atoms with Crippen LogP contribution in [0, 0.1) is 17.0 Å². The van der Waals surface area contributed by atoms with Crippen LogP contribution in [-0.4, -0.2) is 72.4 Å². The smallest absolute Gasteiger partial charge is 0.383 e. The third-order valence-electron chi connectivity index (χ3n) is 10.0. The summed E-state index contributed by atoms with van der Waals surface area (Å²) in [6.45, 7) is 1.43. The molecular weight excluding hydrogens is 698 g/mol. The summed E-state index contributed by atoms with van der Waals surface area (Å²) in [5, 5.41) is 0.642. The normalized spacial score (nSPS) is 18.5. The van der Waals surface area contributed by atoms with Crippen molar-refractivity contribution in [2.75, 3.05) is 39.9 Å². The van der Waals surface area contributed by atoms with Crippen molar-refractivity contribution >= 4 is 34.1 Å². The maximum Gasteiger partial charge on any atom is 0.399 e. The quantitative estimate of drug-likeness (QED) is 0.109. The summed E-state index contributed by atoms with van der Waals surface area (Å²) < 4.78 is 81.2. The van der Waals surface area contributed by atoms with Gasteiger partial charge in [0.15, 0.2) is 17.1 Å². The zero-order valence-corrected chi connectivity index (χ0v) is 29.6. The Morgan fingerprint density at radius 1 is 1.00 bits per heavy atom. The van der Waals surface area contributed by atoms with Crippen LogP contribution in [0.15, 0.2) is 107 Å². The summed E-state index contributed by atoms with van der Waals surface area (Å²) in [4.78, 5) is 31.4. The number of alkyl halides is 3. The highest BCUT2D eigenvalue weighted by Gasteiger charge is 2.55. The second kappa shape index (κ2) is 16.2. The van der Waals surface area contributed by atoms with Crippen LogP contribution in [0.5, 0.6) is 0 Å². The number of halogens is 5. The Kier molecular flexibility index (Phi) is 11.7. The van der Waals surface area contributed by atoms with Crippen molar-refractivity contribution in [2.45, 2.75) is 48.8 Å². The minimum atomic E-state index is -4.67. The molecule has 1 fully saturated rings. The molecule has 2 aliphatic rings. The number of thioether (sulfide) groups is 1. The number of pyridine rings is 1. The van der Waals surface area contributed by atoms with Crippen LogP contribution < -0.4 is 5.43 Å². The molecule has 6 nitrogen and oxygen atoms in total. The van der Waals surface area contributed by atoms with Gasteiger partial charge in [0.05, 0.1) is 17.1 Å². The number of likely N-dealkylation sites (tertiary alicyclic amines) is 1. The Balaban J connectivity index is 1.35. The van der Waals surface area contributed by atoms with Gasteiger partial charge in [-0.25, -0.2) is 8.78 Å². The molecule has 6 rings (SSSR count). The minimum absolute atomic E-state index is 0.0444. The van der Waals surface area contributed by atoms with Crippen molar-refractivity contribution in [1.29, 1.82) is 0 Å². The van der Waals surface area contributed by atoms with E-state index in [1.165, 1.54) is 35.3 Å². The maximum absolute atomic E-state index is 15.2. The molecule has 0 spiro atoms. The van der Waals surface area contributed by atoms with Gasteiger partial charge in [-0.15, -0.1) is 11.8 Å². The average molecular weight is 738 g/mol. The first-order chi connectivity index (χ1) is 25.0. The molecule has 1 saturated heterocycles. The monoisotopic (exact) mass is 737 g/mol. The van der Waals surface area contributed by atoms with Crippen molar-refractivity contribution in [1.82, 2.24) is 14.4 Å². The minimum Gasteiger partial charge on any atom is -0.383 e. The first-order valence-corrected chi connectivity index (χ1v) is 18.2. The SMILES string of the molecule is COCCN1CCC(N(CC2(C(F)(F)F)C=CC(c3ccccc3)=CC2)C(=O)Cn2c(SCc3cccc(F)c3F)cc(=O)c3ccccc32)CC1. The zero-order chi connectivity index (χ0) is 36.9. The van der Waals surface area contributed by atoms with Gasteiger partial charge in [-0.1, -0.05) is 72.8 Å². The lowest BCUT2D eigenvalue weighted by Gasteiger charge is -2.44. The number of aromatic nitrogens is 1. The molecule has 1 unspecified atom stereocenters. The zero-order valence-electron chi connectivity index (χ0n) is 28.8. The van der Waals surface area contributed by atoms with Gasteiger partial charge in [-0.05, 0) is 48.6 Å². The summed E-state index contributed by atoms with van der Waals surface area (Å²) in [6, 6.07) is 20.6. The number of benzene rings is 3. The number of amides is 1. The Bertz CT molecular complexity index is 2010. The van der Waals surface area contributed by atoms with Gasteiger partial charge in [0.25, 0.3) is 0 Å². The fourth-order valence-electron chi connectivity index (χ4n) is 6.96. The number of piperidine rings is 1. The van der Waals surface area contributed by atoms with E-state index in [0.29, 0.717) is 60.6 Å². The molecule has 2 heterocycles. The number of allylic oxidation sites excluding steroid dienone is 3. The summed E-state index contributed by atoms with van der Waals surface area (Å²) in [6.07, 6.45) is 0.237. The molecule has 1 amide bonds. The van der Waals surface area contributed by atoms with Crippen molar-refractivity contribution in [3.05, 3.63) is 130 Å². The van der Waals surface area contributed by atoms with E-state index in [2.05, 4.69) is 4.90 Å². The molecule has 3 aromatic carbocycles. The third kappa shape index (κ3) is 8.19. The largest absolute Gasteiger partial charge is 0.399 e. The Labute approximate surface area is 303 Å². The predicted octanol–water partition coefficient (Wildman–Crippen LogP) is 8.10. The molecule has 1 aliphatic carbocycles. The number of hydrogen-bond acceptors (Lipinski definition) is 5. The van der Waals surface area contributed by atoms with E-state index in [1.807, 2.05) is 30.3 Å². The lowest BCUT2D eigenvalue weighted by atomic mass is 9.77. The molecule has 0 saturated carbocycles. The second-order valence-electron chi connectivity index (χ2n) is 13.3. The van der Waals surface area contributed by atoms with Gasteiger partial charge in [0, 0.05) is 62.1 Å². The van der Waals surface area contributed by atoms with Crippen LogP contribution in [0.3, 0.4) is 0 Å². The van der Waals surface area contributed by atoms with E-state index in [9.17, 15) is 18.4 Å². The molecule has 1 aromatic heterocycles. The summed E-state index contributed by atoms with van der Waals surface area (Å²) in [7, 11) is 1.61. The number of fused-ring (bicyclic) bond motifs is 1. The van der Waals surface area contributed by atoms with E-state index in [1.54, 1.807) is 42.0 Å². The summed E-state index contributed by atoms with van der Waals surface area (Å²) >= 11 is 1.05. The van der Waals surface area contributed by atoms with Gasteiger partial charge in [0.2, 0.25) is 5.91 Å². The fourth-order valence-corrected chi connectivity index (χ4v) is 8.00. The first kappa shape index (κ1) is 37.5. The Hall–Kier alpha value is -4.26. The van der Waals surface area contributed by atoms with Crippen LogP contribution in [0.25, 0.3) is 16.5 Å². The third-order valence-corrected chi connectivity index (χ3v) is 11.1. The van der Waals surface area contributed by atoms with Gasteiger partial charge in [-0.3, -0.25) is 9.59 Å². The molecule has 1 aliphatic heterocycles. The molecule has 52 heavy (non-hydrogen) atoms. The predicted molar refractivity (Wildman–Crippen MR) is 194 cm³/mol. The maximum atomic E-state index is 15.2. The number of rotatable bonds is 12. The molecule has 1 atom stereocenters.